The molecule has 30 heavy (non-hydrogen) atoms. The number of nitrogens with one attached hydrogen (secondary N) is 2. The van der Waals surface area contributed by atoms with Crippen LogP contribution in [0.5, 0.6) is 0 Å². The molecule has 6 heteroatoms. The molecule has 2 aromatic carbocycles. The Morgan fingerprint density at radius 1 is 1.00 bits per heavy atom. The predicted octanol–water partition coefficient (Wildman–Crippen LogP) is 3.39. The SMILES string of the molecule is CCOCc1ccccc1CNC(=O)NCCCC(=O)N1CCc2ccccc2C1. The Hall–Kier alpha value is -2.86. The lowest BCUT2D eigenvalue weighted by molar-refractivity contribution is -0.132. The summed E-state index contributed by atoms with van der Waals surface area (Å²) in [5, 5.41) is 5.71. The van der Waals surface area contributed by atoms with Crippen molar-refractivity contribution >= 4 is 11.9 Å². The van der Waals surface area contributed by atoms with Gasteiger partial charge in [-0.15, -0.1) is 0 Å². The lowest BCUT2D eigenvalue weighted by atomic mass is 9.99. The summed E-state index contributed by atoms with van der Waals surface area (Å²) in [6, 6.07) is 16.0. The van der Waals surface area contributed by atoms with Gasteiger partial charge in [-0.1, -0.05) is 48.5 Å². The van der Waals surface area contributed by atoms with Crippen LogP contribution in [0.15, 0.2) is 48.5 Å². The number of amides is 3. The van der Waals surface area contributed by atoms with E-state index in [9.17, 15) is 9.59 Å². The molecule has 0 spiro atoms. The topological polar surface area (TPSA) is 70.7 Å². The van der Waals surface area contributed by atoms with E-state index in [4.69, 9.17) is 4.74 Å². The molecule has 0 saturated carbocycles. The van der Waals surface area contributed by atoms with Crippen molar-refractivity contribution in [1.29, 1.82) is 0 Å². The lowest BCUT2D eigenvalue weighted by Gasteiger charge is -2.29. The molecule has 1 heterocycles. The molecule has 0 aromatic heterocycles. The minimum atomic E-state index is -0.222. The second-order valence-corrected chi connectivity index (χ2v) is 7.45. The van der Waals surface area contributed by atoms with E-state index in [1.807, 2.05) is 48.2 Å². The van der Waals surface area contributed by atoms with Gasteiger partial charge >= 0.3 is 6.03 Å². The van der Waals surface area contributed by atoms with Crippen molar-refractivity contribution in [1.82, 2.24) is 15.5 Å². The smallest absolute Gasteiger partial charge is 0.315 e. The summed E-state index contributed by atoms with van der Waals surface area (Å²) in [5.41, 5.74) is 4.69. The average Bonchev–Trinajstić information content (AvgIpc) is 2.79. The standard InChI is InChI=1S/C24H31N3O3/c1-2-30-18-22-11-6-4-9-20(22)16-26-24(29)25-14-7-12-23(28)27-15-13-19-8-3-5-10-21(19)17-27/h3-6,8-11H,2,7,12-18H2,1H3,(H2,25,26,29). The third-order valence-electron chi connectivity index (χ3n) is 5.36. The molecule has 1 aliphatic rings. The van der Waals surface area contributed by atoms with Crippen LogP contribution < -0.4 is 10.6 Å². The van der Waals surface area contributed by atoms with Gasteiger partial charge in [0.1, 0.15) is 0 Å². The first-order valence-corrected chi connectivity index (χ1v) is 10.7. The summed E-state index contributed by atoms with van der Waals surface area (Å²) in [4.78, 5) is 26.5. The van der Waals surface area contributed by atoms with Gasteiger partial charge in [-0.3, -0.25) is 4.79 Å². The quantitative estimate of drug-likeness (QED) is 0.624. The number of carbonyl (C=O) groups excluding carboxylic acids is 2. The van der Waals surface area contributed by atoms with Crippen LogP contribution in [-0.4, -0.2) is 36.5 Å². The van der Waals surface area contributed by atoms with E-state index in [1.165, 1.54) is 11.1 Å². The van der Waals surface area contributed by atoms with Crippen LogP contribution in [0.2, 0.25) is 0 Å². The molecule has 2 aromatic rings. The number of fused-ring (bicyclic) bond motifs is 1. The molecule has 0 saturated heterocycles. The molecule has 0 bridgehead atoms. The number of rotatable bonds is 9. The number of carbonyl (C=O) groups is 2. The zero-order valence-corrected chi connectivity index (χ0v) is 17.7. The van der Waals surface area contributed by atoms with Crippen LogP contribution in [0.1, 0.15) is 42.0 Å². The van der Waals surface area contributed by atoms with Crippen molar-refractivity contribution in [2.45, 2.75) is 45.9 Å². The van der Waals surface area contributed by atoms with E-state index < -0.39 is 0 Å². The summed E-state index contributed by atoms with van der Waals surface area (Å²) in [6.45, 7) is 5.53. The van der Waals surface area contributed by atoms with Gasteiger partial charge < -0.3 is 20.3 Å². The normalized spacial score (nSPS) is 12.9. The Morgan fingerprint density at radius 3 is 2.53 bits per heavy atom. The number of ether oxygens (including phenoxy) is 1. The van der Waals surface area contributed by atoms with Gasteiger partial charge in [0, 0.05) is 39.2 Å². The molecule has 1 aliphatic heterocycles. The highest BCUT2D eigenvalue weighted by Gasteiger charge is 2.19. The van der Waals surface area contributed by atoms with Crippen molar-refractivity contribution in [2.75, 3.05) is 19.7 Å². The maximum atomic E-state index is 12.5. The minimum Gasteiger partial charge on any atom is -0.377 e. The first-order chi connectivity index (χ1) is 14.7. The Balaban J connectivity index is 1.34. The molecule has 0 atom stereocenters. The largest absolute Gasteiger partial charge is 0.377 e. The number of hydrogen-bond acceptors (Lipinski definition) is 3. The molecular weight excluding hydrogens is 378 g/mol. The van der Waals surface area contributed by atoms with Crippen molar-refractivity contribution in [3.8, 4) is 0 Å². The molecule has 160 valence electrons. The van der Waals surface area contributed by atoms with E-state index >= 15 is 0 Å². The van der Waals surface area contributed by atoms with E-state index in [-0.39, 0.29) is 11.9 Å². The van der Waals surface area contributed by atoms with Gasteiger partial charge in [-0.05, 0) is 42.0 Å². The van der Waals surface area contributed by atoms with Gasteiger partial charge in [0.2, 0.25) is 5.91 Å². The maximum Gasteiger partial charge on any atom is 0.315 e. The van der Waals surface area contributed by atoms with E-state index in [0.29, 0.717) is 45.7 Å². The highest BCUT2D eigenvalue weighted by Crippen LogP contribution is 2.19. The number of hydrogen-bond donors (Lipinski definition) is 2. The fraction of sp³-hybridized carbons (Fsp3) is 0.417. The molecule has 3 rings (SSSR count). The number of urea groups is 1. The summed E-state index contributed by atoms with van der Waals surface area (Å²) in [7, 11) is 0. The number of nitrogens with zero attached hydrogens (tertiary/aromatic N) is 1. The van der Waals surface area contributed by atoms with Crippen LogP contribution in [0, 0.1) is 0 Å². The van der Waals surface area contributed by atoms with Crippen molar-refractivity contribution in [2.24, 2.45) is 0 Å². The fourth-order valence-corrected chi connectivity index (χ4v) is 3.63. The molecule has 0 unspecified atom stereocenters. The molecule has 0 fully saturated rings. The van der Waals surface area contributed by atoms with Crippen molar-refractivity contribution in [3.63, 3.8) is 0 Å². The Kier molecular flexibility index (Phi) is 8.27. The van der Waals surface area contributed by atoms with Gasteiger partial charge in [0.25, 0.3) is 0 Å². The van der Waals surface area contributed by atoms with Crippen LogP contribution in [0.25, 0.3) is 0 Å². The first kappa shape index (κ1) is 21.8. The predicted molar refractivity (Wildman–Crippen MR) is 117 cm³/mol. The second-order valence-electron chi connectivity index (χ2n) is 7.45. The molecule has 2 N–H and O–H groups in total. The third kappa shape index (κ3) is 6.32. The summed E-state index contributed by atoms with van der Waals surface area (Å²) in [6.07, 6.45) is 1.98. The van der Waals surface area contributed by atoms with E-state index in [1.54, 1.807) is 0 Å². The molecule has 0 aliphatic carbocycles. The molecular formula is C24H31N3O3. The zero-order valence-electron chi connectivity index (χ0n) is 17.7. The highest BCUT2D eigenvalue weighted by atomic mass is 16.5. The van der Waals surface area contributed by atoms with Crippen LogP contribution in [0.3, 0.4) is 0 Å². The first-order valence-electron chi connectivity index (χ1n) is 10.7. The monoisotopic (exact) mass is 409 g/mol. The van der Waals surface area contributed by atoms with Crippen LogP contribution in [0.4, 0.5) is 4.79 Å². The van der Waals surface area contributed by atoms with Gasteiger partial charge in [0.15, 0.2) is 0 Å². The van der Waals surface area contributed by atoms with Gasteiger partial charge in [0.05, 0.1) is 6.61 Å². The Labute approximate surface area is 178 Å². The summed E-state index contributed by atoms with van der Waals surface area (Å²) in [5.74, 6) is 0.150. The van der Waals surface area contributed by atoms with Gasteiger partial charge in [-0.25, -0.2) is 4.79 Å². The van der Waals surface area contributed by atoms with Crippen molar-refractivity contribution in [3.05, 3.63) is 70.8 Å². The zero-order chi connectivity index (χ0) is 21.2. The summed E-state index contributed by atoms with van der Waals surface area (Å²) < 4.78 is 5.47. The second kappa shape index (κ2) is 11.4. The van der Waals surface area contributed by atoms with Crippen molar-refractivity contribution < 1.29 is 14.3 Å². The maximum absolute atomic E-state index is 12.5. The molecule has 3 amide bonds. The average molecular weight is 410 g/mol. The van der Waals surface area contributed by atoms with Crippen LogP contribution >= 0.6 is 0 Å². The Morgan fingerprint density at radius 2 is 1.73 bits per heavy atom. The van der Waals surface area contributed by atoms with Gasteiger partial charge in [-0.2, -0.15) is 0 Å². The van der Waals surface area contributed by atoms with Crippen LogP contribution in [-0.2, 0) is 35.6 Å². The summed E-state index contributed by atoms with van der Waals surface area (Å²) >= 11 is 0. The molecule has 6 nitrogen and oxygen atoms in total. The minimum absolute atomic E-state index is 0.150. The number of benzene rings is 2. The van der Waals surface area contributed by atoms with E-state index in [0.717, 1.165) is 24.1 Å². The third-order valence-corrected chi connectivity index (χ3v) is 5.36. The lowest BCUT2D eigenvalue weighted by Crippen LogP contribution is -2.38. The highest BCUT2D eigenvalue weighted by molar-refractivity contribution is 5.77. The fourth-order valence-electron chi connectivity index (χ4n) is 3.63. The van der Waals surface area contributed by atoms with E-state index in [2.05, 4.69) is 22.8 Å². The molecule has 0 radical (unpaired) electrons. The Bertz CT molecular complexity index is 853.